The Morgan fingerprint density at radius 2 is 1.79 bits per heavy atom. The zero-order chi connectivity index (χ0) is 17.3. The number of rotatable bonds is 2. The maximum Gasteiger partial charge on any atom is 0.416 e. The highest BCUT2D eigenvalue weighted by Gasteiger charge is 2.30. The quantitative estimate of drug-likeness (QED) is 0.716. The normalized spacial score (nSPS) is 11.3. The van der Waals surface area contributed by atoms with Crippen molar-refractivity contribution in [2.24, 2.45) is 0 Å². The molecule has 120 valence electrons. The Bertz CT molecular complexity index is 938. The molecule has 1 aromatic heterocycles. The number of hydrogen-bond donors (Lipinski definition) is 1. The van der Waals surface area contributed by atoms with Gasteiger partial charge < -0.3 is 0 Å². The minimum absolute atomic E-state index is 0.0107. The van der Waals surface area contributed by atoms with Crippen LogP contribution in [0, 0.1) is 17.1 Å². The Morgan fingerprint density at radius 3 is 2.50 bits per heavy atom. The van der Waals surface area contributed by atoms with Crippen molar-refractivity contribution in [3.8, 4) is 28.5 Å². The van der Waals surface area contributed by atoms with Gasteiger partial charge in [0.2, 0.25) is 0 Å². The first-order valence-electron chi connectivity index (χ1n) is 6.68. The second-order valence-corrected chi connectivity index (χ2v) is 4.91. The molecule has 2 aromatic carbocycles. The number of hydrogen-bond acceptors (Lipinski definition) is 3. The molecule has 0 radical (unpaired) electrons. The Balaban J connectivity index is 2.13. The number of H-pyrrole nitrogens is 1. The van der Waals surface area contributed by atoms with Gasteiger partial charge in [0.15, 0.2) is 5.69 Å². The van der Waals surface area contributed by atoms with E-state index in [1.807, 2.05) is 6.07 Å². The molecule has 0 unspecified atom stereocenters. The molecule has 4 nitrogen and oxygen atoms in total. The van der Waals surface area contributed by atoms with Crippen LogP contribution < -0.4 is 0 Å². The Kier molecular flexibility index (Phi) is 3.77. The van der Waals surface area contributed by atoms with E-state index in [0.717, 1.165) is 18.2 Å². The lowest BCUT2D eigenvalue weighted by Gasteiger charge is -2.10. The van der Waals surface area contributed by atoms with Gasteiger partial charge in [0.05, 0.1) is 5.56 Å². The highest BCUT2D eigenvalue weighted by molar-refractivity contribution is 5.74. The van der Waals surface area contributed by atoms with Gasteiger partial charge in [-0.1, -0.05) is 12.1 Å². The average molecular weight is 332 g/mol. The standard InChI is InChI=1S/C16H8F4N4/c17-13-5-4-10(15-14(8-21)22-24-23-15)7-12(13)9-2-1-3-11(6-9)16(18,19)20/h1-7H,(H,22,23,24). The molecule has 0 aliphatic rings. The summed E-state index contributed by atoms with van der Waals surface area (Å²) >= 11 is 0. The maximum atomic E-state index is 14.1. The van der Waals surface area contributed by atoms with E-state index in [4.69, 9.17) is 5.26 Å². The summed E-state index contributed by atoms with van der Waals surface area (Å²) in [5.74, 6) is -0.680. The minimum atomic E-state index is -4.52. The molecule has 0 spiro atoms. The molecule has 1 N–H and O–H groups in total. The van der Waals surface area contributed by atoms with Crippen molar-refractivity contribution in [2.75, 3.05) is 0 Å². The Labute approximate surface area is 133 Å². The van der Waals surface area contributed by atoms with E-state index in [9.17, 15) is 17.6 Å². The zero-order valence-corrected chi connectivity index (χ0v) is 11.9. The first kappa shape index (κ1) is 15.7. The molecule has 0 saturated carbocycles. The van der Waals surface area contributed by atoms with Crippen molar-refractivity contribution in [1.82, 2.24) is 15.4 Å². The summed E-state index contributed by atoms with van der Waals surface area (Å²) in [5.41, 5.74) is -0.239. The number of halogens is 4. The molecular weight excluding hydrogens is 324 g/mol. The van der Waals surface area contributed by atoms with Crippen LogP contribution in [-0.2, 0) is 6.18 Å². The van der Waals surface area contributed by atoms with Crippen LogP contribution in [0.15, 0.2) is 42.5 Å². The van der Waals surface area contributed by atoms with E-state index < -0.39 is 17.6 Å². The van der Waals surface area contributed by atoms with E-state index in [0.29, 0.717) is 5.56 Å². The molecule has 24 heavy (non-hydrogen) atoms. The molecule has 0 fully saturated rings. The SMILES string of the molecule is N#Cc1n[nH]nc1-c1ccc(F)c(-c2cccc(C(F)(F)F)c2)c1. The van der Waals surface area contributed by atoms with Gasteiger partial charge in [-0.15, -0.1) is 5.10 Å². The fourth-order valence-electron chi connectivity index (χ4n) is 2.27. The van der Waals surface area contributed by atoms with Crippen LogP contribution in [0.2, 0.25) is 0 Å². The van der Waals surface area contributed by atoms with Gasteiger partial charge in [-0.2, -0.15) is 28.7 Å². The predicted molar refractivity (Wildman–Crippen MR) is 76.9 cm³/mol. The smallest absolute Gasteiger partial charge is 0.206 e. The molecule has 0 atom stereocenters. The van der Waals surface area contributed by atoms with Crippen LogP contribution >= 0.6 is 0 Å². The van der Waals surface area contributed by atoms with Gasteiger partial charge in [0.1, 0.15) is 17.6 Å². The third-order valence-corrected chi connectivity index (χ3v) is 3.39. The molecule has 3 rings (SSSR count). The first-order chi connectivity index (χ1) is 11.4. The third-order valence-electron chi connectivity index (χ3n) is 3.39. The summed E-state index contributed by atoms with van der Waals surface area (Å²) in [5, 5.41) is 18.7. The van der Waals surface area contributed by atoms with Crippen LogP contribution in [0.25, 0.3) is 22.4 Å². The Hall–Kier alpha value is -3.21. The molecule has 0 aliphatic carbocycles. The number of aromatic amines is 1. The van der Waals surface area contributed by atoms with Gasteiger partial charge in [-0.3, -0.25) is 0 Å². The largest absolute Gasteiger partial charge is 0.416 e. The lowest BCUT2D eigenvalue weighted by Crippen LogP contribution is -2.04. The van der Waals surface area contributed by atoms with E-state index in [-0.39, 0.29) is 22.5 Å². The molecule has 0 saturated heterocycles. The van der Waals surface area contributed by atoms with E-state index in [1.165, 1.54) is 24.3 Å². The summed E-state index contributed by atoms with van der Waals surface area (Å²) in [6, 6.07) is 10.0. The number of nitriles is 1. The second kappa shape index (κ2) is 5.77. The monoisotopic (exact) mass is 332 g/mol. The summed E-state index contributed by atoms with van der Waals surface area (Å²) < 4.78 is 52.6. The number of nitrogens with zero attached hydrogens (tertiary/aromatic N) is 3. The highest BCUT2D eigenvalue weighted by Crippen LogP contribution is 2.34. The summed E-state index contributed by atoms with van der Waals surface area (Å²) in [6.07, 6.45) is -4.52. The van der Waals surface area contributed by atoms with Crippen molar-refractivity contribution in [3.63, 3.8) is 0 Å². The number of benzene rings is 2. The van der Waals surface area contributed by atoms with Crippen molar-refractivity contribution < 1.29 is 17.6 Å². The van der Waals surface area contributed by atoms with Crippen molar-refractivity contribution in [2.45, 2.75) is 6.18 Å². The number of alkyl halides is 3. The predicted octanol–water partition coefficient (Wildman–Crippen LogP) is 4.17. The van der Waals surface area contributed by atoms with Crippen LogP contribution in [0.3, 0.4) is 0 Å². The fraction of sp³-hybridized carbons (Fsp3) is 0.0625. The lowest BCUT2D eigenvalue weighted by atomic mass is 9.99. The van der Waals surface area contributed by atoms with Gasteiger partial charge in [0, 0.05) is 11.1 Å². The number of aromatic nitrogens is 3. The molecule has 0 aliphatic heterocycles. The zero-order valence-electron chi connectivity index (χ0n) is 11.9. The van der Waals surface area contributed by atoms with Crippen LogP contribution in [0.5, 0.6) is 0 Å². The third kappa shape index (κ3) is 2.84. The molecule has 3 aromatic rings. The maximum absolute atomic E-state index is 14.1. The fourth-order valence-corrected chi connectivity index (χ4v) is 2.27. The first-order valence-corrected chi connectivity index (χ1v) is 6.68. The van der Waals surface area contributed by atoms with Gasteiger partial charge in [0.25, 0.3) is 0 Å². The summed E-state index contributed by atoms with van der Waals surface area (Å²) in [6.45, 7) is 0. The van der Waals surface area contributed by atoms with Crippen molar-refractivity contribution in [1.29, 1.82) is 5.26 Å². The van der Waals surface area contributed by atoms with E-state index >= 15 is 0 Å². The second-order valence-electron chi connectivity index (χ2n) is 4.91. The van der Waals surface area contributed by atoms with Crippen LogP contribution in [0.4, 0.5) is 17.6 Å². The molecule has 0 bridgehead atoms. The molecule has 1 heterocycles. The van der Waals surface area contributed by atoms with Crippen molar-refractivity contribution >= 4 is 0 Å². The Morgan fingerprint density at radius 1 is 1.00 bits per heavy atom. The minimum Gasteiger partial charge on any atom is -0.206 e. The van der Waals surface area contributed by atoms with Crippen molar-refractivity contribution in [3.05, 3.63) is 59.5 Å². The van der Waals surface area contributed by atoms with Gasteiger partial charge in [-0.05, 0) is 35.9 Å². The molecular formula is C16H8F4N4. The van der Waals surface area contributed by atoms with Crippen LogP contribution in [-0.4, -0.2) is 15.4 Å². The van der Waals surface area contributed by atoms with E-state index in [1.54, 1.807) is 0 Å². The van der Waals surface area contributed by atoms with Gasteiger partial charge >= 0.3 is 6.18 Å². The topological polar surface area (TPSA) is 65.4 Å². The number of nitrogens with one attached hydrogen (secondary N) is 1. The average Bonchev–Trinajstić information content (AvgIpc) is 3.03. The molecule has 0 amide bonds. The lowest BCUT2D eigenvalue weighted by molar-refractivity contribution is -0.137. The highest BCUT2D eigenvalue weighted by atomic mass is 19.4. The van der Waals surface area contributed by atoms with Crippen LogP contribution in [0.1, 0.15) is 11.3 Å². The summed E-state index contributed by atoms with van der Waals surface area (Å²) in [4.78, 5) is 0. The summed E-state index contributed by atoms with van der Waals surface area (Å²) in [7, 11) is 0. The van der Waals surface area contributed by atoms with E-state index in [2.05, 4.69) is 15.4 Å². The molecule has 8 heteroatoms. The van der Waals surface area contributed by atoms with Gasteiger partial charge in [-0.25, -0.2) is 4.39 Å².